The van der Waals surface area contributed by atoms with Gasteiger partial charge < -0.3 is 15.0 Å². The molecule has 4 aromatic rings. The Kier molecular flexibility index (Phi) is 6.67. The first-order valence-corrected chi connectivity index (χ1v) is 10.5. The number of hydrogen-bond acceptors (Lipinski definition) is 6. The molecule has 0 bridgehead atoms. The van der Waals surface area contributed by atoms with Crippen molar-refractivity contribution in [2.45, 2.75) is 6.54 Å². The lowest BCUT2D eigenvalue weighted by atomic mass is 10.1. The maximum atomic E-state index is 13.1. The van der Waals surface area contributed by atoms with Crippen molar-refractivity contribution in [1.29, 1.82) is 0 Å². The van der Waals surface area contributed by atoms with Crippen molar-refractivity contribution in [2.75, 3.05) is 13.7 Å². The number of nitrogens with one attached hydrogen (secondary N) is 2. The summed E-state index contributed by atoms with van der Waals surface area (Å²) in [7, 11) is 1.49. The summed E-state index contributed by atoms with van der Waals surface area (Å²) < 4.78 is 20.3. The molecule has 2 aromatic heterocycles. The van der Waals surface area contributed by atoms with Crippen LogP contribution in [0.25, 0.3) is 16.9 Å². The average molecular weight is 477 g/mol. The molecular weight excluding hydrogens is 457 g/mol. The van der Waals surface area contributed by atoms with E-state index < -0.39 is 23.0 Å². The van der Waals surface area contributed by atoms with Crippen molar-refractivity contribution in [3.05, 3.63) is 110 Å². The lowest BCUT2D eigenvalue weighted by Crippen LogP contribution is -2.40. The number of nitrogens with zero attached hydrogens (tertiary/aromatic N) is 3. The number of benzene rings is 2. The zero-order valence-corrected chi connectivity index (χ0v) is 18.5. The largest absolute Gasteiger partial charge is 0.497 e. The van der Waals surface area contributed by atoms with Gasteiger partial charge in [-0.15, -0.1) is 0 Å². The summed E-state index contributed by atoms with van der Waals surface area (Å²) >= 11 is 0. The summed E-state index contributed by atoms with van der Waals surface area (Å²) in [5.74, 6) is -0.559. The van der Waals surface area contributed by atoms with E-state index >= 15 is 0 Å². The number of halogens is 1. The maximum Gasteiger partial charge on any atom is 0.333 e. The molecule has 10 nitrogen and oxygen atoms in total. The van der Waals surface area contributed by atoms with Crippen LogP contribution in [0.4, 0.5) is 4.39 Å². The van der Waals surface area contributed by atoms with Crippen molar-refractivity contribution >= 4 is 5.91 Å². The minimum atomic E-state index is -0.793. The SMILES string of the molecule is COc1ccc(-n2c(=O)[nH]cc(C(=O)NCCn3cnc(-c4ccc(F)cc4)cc3=O)c2=O)cc1. The van der Waals surface area contributed by atoms with Crippen LogP contribution in [0.2, 0.25) is 0 Å². The second kappa shape index (κ2) is 10.00. The van der Waals surface area contributed by atoms with Gasteiger partial charge >= 0.3 is 5.69 Å². The minimum absolute atomic E-state index is 0.0252. The fourth-order valence-corrected chi connectivity index (χ4v) is 3.36. The predicted molar refractivity (Wildman–Crippen MR) is 125 cm³/mol. The number of hydrogen-bond donors (Lipinski definition) is 2. The van der Waals surface area contributed by atoms with Gasteiger partial charge in [-0.2, -0.15) is 0 Å². The zero-order valence-electron chi connectivity index (χ0n) is 18.5. The van der Waals surface area contributed by atoms with E-state index in [4.69, 9.17) is 4.74 Å². The summed E-state index contributed by atoms with van der Waals surface area (Å²) in [6.07, 6.45) is 2.37. The van der Waals surface area contributed by atoms with Gasteiger partial charge in [0.15, 0.2) is 0 Å². The molecule has 0 atom stereocenters. The van der Waals surface area contributed by atoms with Crippen LogP contribution in [0.5, 0.6) is 5.75 Å². The first-order valence-electron chi connectivity index (χ1n) is 10.5. The normalized spacial score (nSPS) is 10.7. The Bertz CT molecular complexity index is 1540. The van der Waals surface area contributed by atoms with E-state index in [0.717, 1.165) is 10.8 Å². The molecule has 2 N–H and O–H groups in total. The highest BCUT2D eigenvalue weighted by atomic mass is 19.1. The Morgan fingerprint density at radius 2 is 1.80 bits per heavy atom. The highest BCUT2D eigenvalue weighted by molar-refractivity contribution is 5.93. The zero-order chi connectivity index (χ0) is 24.9. The number of H-pyrrole nitrogens is 1. The Morgan fingerprint density at radius 1 is 1.09 bits per heavy atom. The van der Waals surface area contributed by atoms with Gasteiger partial charge in [0.05, 0.1) is 24.8 Å². The molecule has 0 radical (unpaired) electrons. The fraction of sp³-hybridized carbons (Fsp3) is 0.125. The van der Waals surface area contributed by atoms with E-state index in [0.29, 0.717) is 17.0 Å². The molecule has 0 aliphatic heterocycles. The van der Waals surface area contributed by atoms with Crippen molar-refractivity contribution in [3.63, 3.8) is 0 Å². The van der Waals surface area contributed by atoms with Crippen LogP contribution in [-0.4, -0.2) is 38.7 Å². The predicted octanol–water partition coefficient (Wildman–Crippen LogP) is 1.33. The smallest absolute Gasteiger partial charge is 0.333 e. The van der Waals surface area contributed by atoms with Gasteiger partial charge in [0, 0.05) is 30.9 Å². The number of amides is 1. The van der Waals surface area contributed by atoms with Crippen molar-refractivity contribution in [1.82, 2.24) is 24.4 Å². The third-order valence-electron chi connectivity index (χ3n) is 5.21. The van der Waals surface area contributed by atoms with Crippen molar-refractivity contribution in [3.8, 4) is 22.7 Å². The van der Waals surface area contributed by atoms with E-state index in [9.17, 15) is 23.6 Å². The van der Waals surface area contributed by atoms with Gasteiger partial charge in [-0.3, -0.25) is 19.0 Å². The minimum Gasteiger partial charge on any atom is -0.497 e. The van der Waals surface area contributed by atoms with E-state index in [-0.39, 0.29) is 29.9 Å². The molecule has 0 fully saturated rings. The second-order valence-corrected chi connectivity index (χ2v) is 7.41. The molecule has 0 unspecified atom stereocenters. The molecule has 178 valence electrons. The molecule has 0 saturated heterocycles. The van der Waals surface area contributed by atoms with Crippen LogP contribution in [0.15, 0.2) is 81.5 Å². The molecule has 4 rings (SSSR count). The monoisotopic (exact) mass is 477 g/mol. The summed E-state index contributed by atoms with van der Waals surface area (Å²) in [6, 6.07) is 13.1. The van der Waals surface area contributed by atoms with Gasteiger partial charge in [0.25, 0.3) is 17.0 Å². The maximum absolute atomic E-state index is 13.1. The number of carbonyl (C=O) groups excluding carboxylic acids is 1. The molecule has 35 heavy (non-hydrogen) atoms. The molecule has 0 aliphatic rings. The number of ether oxygens (including phenoxy) is 1. The van der Waals surface area contributed by atoms with Crippen LogP contribution in [-0.2, 0) is 6.54 Å². The van der Waals surface area contributed by atoms with Crippen molar-refractivity contribution in [2.24, 2.45) is 0 Å². The average Bonchev–Trinajstić information content (AvgIpc) is 2.86. The van der Waals surface area contributed by atoms with Crippen LogP contribution in [0.3, 0.4) is 0 Å². The summed E-state index contributed by atoms with van der Waals surface area (Å²) in [6.45, 7) is 0.120. The molecule has 0 aliphatic carbocycles. The van der Waals surface area contributed by atoms with Crippen molar-refractivity contribution < 1.29 is 13.9 Å². The van der Waals surface area contributed by atoms with E-state index in [2.05, 4.69) is 15.3 Å². The van der Waals surface area contributed by atoms with Gasteiger partial charge in [0.2, 0.25) is 0 Å². The summed E-state index contributed by atoms with van der Waals surface area (Å²) in [5.41, 5.74) is -0.866. The quantitative estimate of drug-likeness (QED) is 0.413. The molecule has 2 aromatic carbocycles. The van der Waals surface area contributed by atoms with Gasteiger partial charge in [-0.05, 0) is 48.5 Å². The van der Waals surface area contributed by atoms with E-state index in [1.807, 2.05) is 0 Å². The Balaban J connectivity index is 1.46. The van der Waals surface area contributed by atoms with Gasteiger partial charge in [-0.25, -0.2) is 18.7 Å². The Labute approximate surface area is 197 Å². The fourth-order valence-electron chi connectivity index (χ4n) is 3.36. The first-order chi connectivity index (χ1) is 16.9. The second-order valence-electron chi connectivity index (χ2n) is 7.41. The molecule has 1 amide bonds. The summed E-state index contributed by atoms with van der Waals surface area (Å²) in [4.78, 5) is 56.7. The Morgan fingerprint density at radius 3 is 2.46 bits per heavy atom. The van der Waals surface area contributed by atoms with Crippen LogP contribution >= 0.6 is 0 Å². The highest BCUT2D eigenvalue weighted by Gasteiger charge is 2.16. The van der Waals surface area contributed by atoms with Gasteiger partial charge in [0.1, 0.15) is 17.1 Å². The van der Waals surface area contributed by atoms with Gasteiger partial charge in [-0.1, -0.05) is 0 Å². The molecular formula is C24H20FN5O5. The lowest BCUT2D eigenvalue weighted by Gasteiger charge is -2.10. The van der Waals surface area contributed by atoms with Crippen LogP contribution in [0, 0.1) is 5.82 Å². The first kappa shape index (κ1) is 23.4. The van der Waals surface area contributed by atoms with E-state index in [1.165, 1.54) is 60.5 Å². The summed E-state index contributed by atoms with van der Waals surface area (Å²) in [5, 5.41) is 2.56. The number of methoxy groups -OCH3 is 1. The highest BCUT2D eigenvalue weighted by Crippen LogP contribution is 2.15. The molecule has 0 saturated carbocycles. The lowest BCUT2D eigenvalue weighted by molar-refractivity contribution is 0.0949. The Hall–Kier alpha value is -4.80. The number of rotatable bonds is 7. The molecule has 2 heterocycles. The molecule has 11 heteroatoms. The molecule has 0 spiro atoms. The number of aromatic amines is 1. The van der Waals surface area contributed by atoms with E-state index in [1.54, 1.807) is 12.1 Å². The number of carbonyl (C=O) groups is 1. The third kappa shape index (κ3) is 5.08. The third-order valence-corrected chi connectivity index (χ3v) is 5.21. The van der Waals surface area contributed by atoms with Crippen LogP contribution in [0.1, 0.15) is 10.4 Å². The topological polar surface area (TPSA) is 128 Å². The number of aromatic nitrogens is 4. The standard InChI is InChI=1S/C24H20FN5O5/c1-35-18-8-6-17(7-9-18)30-23(33)19(13-27-24(30)34)22(32)26-10-11-29-14-28-20(12-21(29)31)15-2-4-16(25)5-3-15/h2-9,12-14H,10-11H2,1H3,(H,26,32)(H,27,34). The van der Waals surface area contributed by atoms with Crippen LogP contribution < -0.4 is 26.9 Å².